The Bertz CT molecular complexity index is 532. The molecule has 3 atom stereocenters. The third-order valence-corrected chi connectivity index (χ3v) is 6.91. The molecule has 120 valence electrons. The van der Waals surface area contributed by atoms with Crippen molar-refractivity contribution in [3.8, 4) is 0 Å². The van der Waals surface area contributed by atoms with Crippen LogP contribution >= 0.6 is 11.3 Å². The first-order chi connectivity index (χ1) is 10.8. The Morgan fingerprint density at radius 2 is 2.32 bits per heavy atom. The van der Waals surface area contributed by atoms with Gasteiger partial charge >= 0.3 is 0 Å². The van der Waals surface area contributed by atoms with Gasteiger partial charge in [-0.2, -0.15) is 0 Å². The van der Waals surface area contributed by atoms with Crippen LogP contribution in [0.2, 0.25) is 0 Å². The van der Waals surface area contributed by atoms with Gasteiger partial charge in [-0.3, -0.25) is 4.79 Å². The lowest BCUT2D eigenvalue weighted by Gasteiger charge is -2.43. The van der Waals surface area contributed by atoms with Gasteiger partial charge in [0.1, 0.15) is 0 Å². The zero-order valence-corrected chi connectivity index (χ0v) is 13.9. The minimum atomic E-state index is -0.0942. The van der Waals surface area contributed by atoms with Gasteiger partial charge in [-0.25, -0.2) is 4.98 Å². The number of hydrogen-bond donors (Lipinski definition) is 1. The third kappa shape index (κ3) is 2.38. The molecular formula is C17H25N3OS. The van der Waals surface area contributed by atoms with E-state index in [4.69, 9.17) is 0 Å². The quantitative estimate of drug-likeness (QED) is 0.911. The molecule has 3 fully saturated rings. The Morgan fingerprint density at radius 1 is 1.36 bits per heavy atom. The van der Waals surface area contributed by atoms with Gasteiger partial charge in [0.2, 0.25) is 5.91 Å². The number of thiazole rings is 1. The lowest BCUT2D eigenvalue weighted by molar-refractivity contribution is -0.146. The number of nitrogens with zero attached hydrogens (tertiary/aromatic N) is 2. The summed E-state index contributed by atoms with van der Waals surface area (Å²) < 4.78 is 0. The van der Waals surface area contributed by atoms with Gasteiger partial charge in [0.25, 0.3) is 0 Å². The van der Waals surface area contributed by atoms with Crippen molar-refractivity contribution in [2.45, 2.75) is 44.4 Å². The summed E-state index contributed by atoms with van der Waals surface area (Å²) in [6.45, 7) is 3.75. The highest BCUT2D eigenvalue weighted by molar-refractivity contribution is 7.09. The second-order valence-electron chi connectivity index (χ2n) is 7.19. The monoisotopic (exact) mass is 319 g/mol. The van der Waals surface area contributed by atoms with E-state index in [-0.39, 0.29) is 5.41 Å². The van der Waals surface area contributed by atoms with E-state index < -0.39 is 0 Å². The summed E-state index contributed by atoms with van der Waals surface area (Å²) in [5.41, 5.74) is -0.0942. The van der Waals surface area contributed by atoms with Crippen LogP contribution in [0.1, 0.15) is 49.5 Å². The molecule has 5 heteroatoms. The number of carbonyl (C=O) groups is 1. The Kier molecular flexibility index (Phi) is 3.95. The van der Waals surface area contributed by atoms with Crippen LogP contribution in [-0.2, 0) is 4.79 Å². The third-order valence-electron chi connectivity index (χ3n) is 5.97. The molecule has 1 aliphatic carbocycles. The molecule has 0 aromatic carbocycles. The summed E-state index contributed by atoms with van der Waals surface area (Å²) in [7, 11) is 0. The standard InChI is InChI=1S/C17H25N3OS/c21-16(17-6-2-1-5-14(17)10-18-12-17)20-8-3-4-13(11-20)15-19-7-9-22-15/h7,9,13-14,18H,1-6,8,10-12H2/t13?,14-,17+/m0/s1. The summed E-state index contributed by atoms with van der Waals surface area (Å²) in [5.74, 6) is 1.45. The maximum absolute atomic E-state index is 13.3. The number of nitrogens with one attached hydrogen (secondary N) is 1. The van der Waals surface area contributed by atoms with Crippen LogP contribution in [0.15, 0.2) is 11.6 Å². The first kappa shape index (κ1) is 14.6. The van der Waals surface area contributed by atoms with Crippen molar-refractivity contribution in [1.82, 2.24) is 15.2 Å². The number of carbonyl (C=O) groups excluding carboxylic acids is 1. The van der Waals surface area contributed by atoms with Crippen molar-refractivity contribution in [2.24, 2.45) is 11.3 Å². The van der Waals surface area contributed by atoms with E-state index in [1.54, 1.807) is 11.3 Å². The van der Waals surface area contributed by atoms with Gasteiger partial charge in [-0.1, -0.05) is 12.8 Å². The fourth-order valence-corrected chi connectivity index (χ4v) is 5.55. The lowest BCUT2D eigenvalue weighted by atomic mass is 9.67. The van der Waals surface area contributed by atoms with Crippen LogP contribution in [0.3, 0.4) is 0 Å². The summed E-state index contributed by atoms with van der Waals surface area (Å²) >= 11 is 1.74. The van der Waals surface area contributed by atoms with E-state index in [9.17, 15) is 4.79 Å². The molecule has 0 spiro atoms. The fraction of sp³-hybridized carbons (Fsp3) is 0.765. The minimum absolute atomic E-state index is 0.0942. The summed E-state index contributed by atoms with van der Waals surface area (Å²) in [6, 6.07) is 0. The molecule has 2 aliphatic heterocycles. The zero-order valence-electron chi connectivity index (χ0n) is 13.1. The molecule has 2 saturated heterocycles. The zero-order chi connectivity index (χ0) is 15.0. The van der Waals surface area contributed by atoms with Crippen LogP contribution in [0.4, 0.5) is 0 Å². The first-order valence-corrected chi connectivity index (χ1v) is 9.57. The number of piperidine rings is 1. The van der Waals surface area contributed by atoms with Crippen LogP contribution in [0.25, 0.3) is 0 Å². The molecule has 1 N–H and O–H groups in total. The normalized spacial score (nSPS) is 35.4. The molecule has 3 aliphatic rings. The van der Waals surface area contributed by atoms with Crippen molar-refractivity contribution >= 4 is 17.2 Å². The molecule has 1 aromatic rings. The Hall–Kier alpha value is -0.940. The fourth-order valence-electron chi connectivity index (χ4n) is 4.78. The van der Waals surface area contributed by atoms with Crippen LogP contribution in [-0.4, -0.2) is 42.0 Å². The lowest BCUT2D eigenvalue weighted by Crippen LogP contribution is -2.52. The topological polar surface area (TPSA) is 45.2 Å². The summed E-state index contributed by atoms with van der Waals surface area (Å²) in [4.78, 5) is 20.0. The SMILES string of the molecule is O=C(N1CCCC(c2nccs2)C1)[C@@]12CCCC[C@H]1CNC2. The van der Waals surface area contributed by atoms with Gasteiger partial charge in [0.05, 0.1) is 10.4 Å². The highest BCUT2D eigenvalue weighted by Crippen LogP contribution is 2.45. The van der Waals surface area contributed by atoms with E-state index in [1.165, 1.54) is 30.7 Å². The van der Waals surface area contributed by atoms with E-state index in [0.717, 1.165) is 39.0 Å². The number of likely N-dealkylation sites (tertiary alicyclic amines) is 1. The predicted molar refractivity (Wildman–Crippen MR) is 87.9 cm³/mol. The minimum Gasteiger partial charge on any atom is -0.341 e. The van der Waals surface area contributed by atoms with E-state index >= 15 is 0 Å². The largest absolute Gasteiger partial charge is 0.341 e. The van der Waals surface area contributed by atoms with Gasteiger partial charge < -0.3 is 10.2 Å². The highest BCUT2D eigenvalue weighted by atomic mass is 32.1. The second-order valence-corrected chi connectivity index (χ2v) is 8.12. The average Bonchev–Trinajstić information content (AvgIpc) is 3.24. The molecule has 22 heavy (non-hydrogen) atoms. The van der Waals surface area contributed by atoms with Crippen molar-refractivity contribution < 1.29 is 4.79 Å². The molecule has 1 amide bonds. The van der Waals surface area contributed by atoms with Crippen molar-refractivity contribution in [1.29, 1.82) is 0 Å². The Labute approximate surface area is 136 Å². The van der Waals surface area contributed by atoms with Gasteiger partial charge in [0, 0.05) is 37.1 Å². The molecule has 4 rings (SSSR count). The number of amides is 1. The first-order valence-electron chi connectivity index (χ1n) is 8.69. The maximum Gasteiger partial charge on any atom is 0.230 e. The molecule has 4 nitrogen and oxygen atoms in total. The van der Waals surface area contributed by atoms with Crippen molar-refractivity contribution in [3.05, 3.63) is 16.6 Å². The summed E-state index contributed by atoms with van der Waals surface area (Å²) in [6.07, 6.45) is 8.99. The molecule has 0 bridgehead atoms. The highest BCUT2D eigenvalue weighted by Gasteiger charge is 2.51. The van der Waals surface area contributed by atoms with E-state index in [1.807, 2.05) is 11.6 Å². The summed E-state index contributed by atoms with van der Waals surface area (Å²) in [5, 5.41) is 6.76. The number of hydrogen-bond acceptors (Lipinski definition) is 4. The molecule has 1 unspecified atom stereocenters. The average molecular weight is 319 g/mol. The molecule has 3 heterocycles. The van der Waals surface area contributed by atoms with Crippen LogP contribution in [0.5, 0.6) is 0 Å². The van der Waals surface area contributed by atoms with Gasteiger partial charge in [-0.15, -0.1) is 11.3 Å². The number of aromatic nitrogens is 1. The molecule has 1 aromatic heterocycles. The smallest absolute Gasteiger partial charge is 0.230 e. The molecule has 0 radical (unpaired) electrons. The number of fused-ring (bicyclic) bond motifs is 1. The van der Waals surface area contributed by atoms with Crippen LogP contribution in [0, 0.1) is 11.3 Å². The van der Waals surface area contributed by atoms with Crippen molar-refractivity contribution in [3.63, 3.8) is 0 Å². The predicted octanol–water partition coefficient (Wildman–Crippen LogP) is 2.63. The molecule has 1 saturated carbocycles. The van der Waals surface area contributed by atoms with Gasteiger partial charge in [-0.05, 0) is 38.1 Å². The molecular weight excluding hydrogens is 294 g/mol. The van der Waals surface area contributed by atoms with Gasteiger partial charge in [0.15, 0.2) is 0 Å². The van der Waals surface area contributed by atoms with Crippen molar-refractivity contribution in [2.75, 3.05) is 26.2 Å². The Balaban J connectivity index is 1.52. The van der Waals surface area contributed by atoms with E-state index in [2.05, 4.69) is 15.2 Å². The maximum atomic E-state index is 13.3. The van der Waals surface area contributed by atoms with E-state index in [0.29, 0.717) is 17.7 Å². The van der Waals surface area contributed by atoms with Crippen LogP contribution < -0.4 is 5.32 Å². The second kappa shape index (κ2) is 5.93. The Morgan fingerprint density at radius 3 is 3.18 bits per heavy atom. The number of rotatable bonds is 2.